The smallest absolute Gasteiger partial charge is 0.119 e. The van der Waals surface area contributed by atoms with Gasteiger partial charge in [-0.25, -0.2) is 0 Å². The summed E-state index contributed by atoms with van der Waals surface area (Å²) < 4.78 is 5.39. The van der Waals surface area contributed by atoms with Gasteiger partial charge in [-0.05, 0) is 55.0 Å². The minimum atomic E-state index is -0.318. The second-order valence-electron chi connectivity index (χ2n) is 6.56. The number of aromatic nitrogens is 1. The zero-order valence-corrected chi connectivity index (χ0v) is 13.4. The average Bonchev–Trinajstić information content (AvgIpc) is 2.95. The largest absolute Gasteiger partial charge is 0.497 e. The molecule has 118 valence electrons. The predicted molar refractivity (Wildman–Crippen MR) is 93.8 cm³/mol. The summed E-state index contributed by atoms with van der Waals surface area (Å²) in [6.45, 7) is 0. The maximum Gasteiger partial charge on any atom is 0.119 e. The fraction of sp³-hybridized carbons (Fsp3) is 0.300. The maximum absolute atomic E-state index is 6.87. The Kier molecular flexibility index (Phi) is 3.38. The van der Waals surface area contributed by atoms with Crippen LogP contribution in [0, 0.1) is 0 Å². The van der Waals surface area contributed by atoms with Gasteiger partial charge in [0, 0.05) is 16.6 Å². The standard InChI is InChI=1S/C20H22N2O/c1-23-15-9-10-18-17(12-15)16-8-5-11-20(21,19(16)22-18)13-14-6-3-2-4-7-14/h2-4,6-7,9-10,12,22H,5,8,11,13,21H2,1H3. The van der Waals surface area contributed by atoms with Crippen LogP contribution >= 0.6 is 0 Å². The lowest BCUT2D eigenvalue weighted by molar-refractivity contribution is 0.362. The fourth-order valence-corrected chi connectivity index (χ4v) is 3.88. The quantitative estimate of drug-likeness (QED) is 0.771. The van der Waals surface area contributed by atoms with Crippen LogP contribution in [0.2, 0.25) is 0 Å². The molecule has 1 unspecified atom stereocenters. The highest BCUT2D eigenvalue weighted by Crippen LogP contribution is 2.40. The Labute approximate surface area is 136 Å². The number of methoxy groups -OCH3 is 1. The number of nitrogens with two attached hydrogens (primary N) is 1. The summed E-state index contributed by atoms with van der Waals surface area (Å²) in [6, 6.07) is 16.8. The van der Waals surface area contributed by atoms with Crippen molar-refractivity contribution in [3.05, 3.63) is 65.4 Å². The third kappa shape index (κ3) is 2.41. The highest BCUT2D eigenvalue weighted by molar-refractivity contribution is 5.86. The zero-order valence-electron chi connectivity index (χ0n) is 13.4. The first-order chi connectivity index (χ1) is 11.2. The van der Waals surface area contributed by atoms with Crippen LogP contribution in [0.5, 0.6) is 5.75 Å². The van der Waals surface area contributed by atoms with Crippen LogP contribution in [-0.4, -0.2) is 12.1 Å². The van der Waals surface area contributed by atoms with Crippen LogP contribution < -0.4 is 10.5 Å². The topological polar surface area (TPSA) is 51.0 Å². The molecule has 3 N–H and O–H groups in total. The van der Waals surface area contributed by atoms with Crippen molar-refractivity contribution in [3.63, 3.8) is 0 Å². The molecule has 1 heterocycles. The molecule has 0 saturated heterocycles. The van der Waals surface area contributed by atoms with Gasteiger partial charge in [-0.2, -0.15) is 0 Å². The van der Waals surface area contributed by atoms with Crippen LogP contribution in [0.25, 0.3) is 10.9 Å². The number of hydrogen-bond donors (Lipinski definition) is 2. The van der Waals surface area contributed by atoms with Crippen LogP contribution in [0.1, 0.15) is 29.7 Å². The van der Waals surface area contributed by atoms with Crippen LogP contribution in [0.3, 0.4) is 0 Å². The molecular weight excluding hydrogens is 284 g/mol. The molecule has 3 nitrogen and oxygen atoms in total. The summed E-state index contributed by atoms with van der Waals surface area (Å²) in [5.41, 5.74) is 11.6. The fourth-order valence-electron chi connectivity index (χ4n) is 3.88. The van der Waals surface area contributed by atoms with E-state index in [1.165, 1.54) is 22.2 Å². The van der Waals surface area contributed by atoms with Crippen molar-refractivity contribution in [1.82, 2.24) is 4.98 Å². The van der Waals surface area contributed by atoms with Crippen LogP contribution in [0.4, 0.5) is 0 Å². The SMILES string of the molecule is COc1ccc2[nH]c3c(c2c1)CCCC3(N)Cc1ccccc1. The monoisotopic (exact) mass is 306 g/mol. The Morgan fingerprint density at radius 1 is 1.17 bits per heavy atom. The van der Waals surface area contributed by atoms with Crippen molar-refractivity contribution in [2.75, 3.05) is 7.11 Å². The third-order valence-corrected chi connectivity index (χ3v) is 5.02. The Morgan fingerprint density at radius 3 is 2.78 bits per heavy atom. The van der Waals surface area contributed by atoms with E-state index in [2.05, 4.69) is 41.4 Å². The Morgan fingerprint density at radius 2 is 2.00 bits per heavy atom. The van der Waals surface area contributed by atoms with Gasteiger partial charge in [-0.3, -0.25) is 0 Å². The van der Waals surface area contributed by atoms with Gasteiger partial charge < -0.3 is 15.5 Å². The molecule has 3 aromatic rings. The molecule has 1 atom stereocenters. The van der Waals surface area contributed by atoms with Gasteiger partial charge in [-0.1, -0.05) is 30.3 Å². The number of fused-ring (bicyclic) bond motifs is 3. The number of aromatic amines is 1. The lowest BCUT2D eigenvalue weighted by Crippen LogP contribution is -2.42. The zero-order chi connectivity index (χ0) is 15.9. The molecule has 0 radical (unpaired) electrons. The third-order valence-electron chi connectivity index (χ3n) is 5.02. The summed E-state index contributed by atoms with van der Waals surface area (Å²) in [4.78, 5) is 3.60. The average molecular weight is 306 g/mol. The van der Waals surface area contributed by atoms with E-state index in [1.807, 2.05) is 12.1 Å². The van der Waals surface area contributed by atoms with Crippen LogP contribution in [-0.2, 0) is 18.4 Å². The van der Waals surface area contributed by atoms with E-state index in [4.69, 9.17) is 10.5 Å². The first-order valence-corrected chi connectivity index (χ1v) is 8.21. The van der Waals surface area contributed by atoms with Crippen molar-refractivity contribution in [2.24, 2.45) is 5.73 Å². The molecule has 4 rings (SSSR count). The maximum atomic E-state index is 6.87. The van der Waals surface area contributed by atoms with E-state index in [-0.39, 0.29) is 5.54 Å². The Balaban J connectivity index is 1.81. The highest BCUT2D eigenvalue weighted by Gasteiger charge is 2.35. The molecule has 1 aromatic heterocycles. The molecule has 1 aliphatic rings. The van der Waals surface area contributed by atoms with Gasteiger partial charge in [0.25, 0.3) is 0 Å². The highest BCUT2D eigenvalue weighted by atomic mass is 16.5. The number of aryl methyl sites for hydroxylation is 1. The number of ether oxygens (including phenoxy) is 1. The molecule has 1 aliphatic carbocycles. The Hall–Kier alpha value is -2.26. The summed E-state index contributed by atoms with van der Waals surface area (Å²) in [6.07, 6.45) is 4.08. The van der Waals surface area contributed by atoms with Crippen molar-refractivity contribution in [1.29, 1.82) is 0 Å². The predicted octanol–water partition coefficient (Wildman–Crippen LogP) is 3.91. The number of rotatable bonds is 3. The van der Waals surface area contributed by atoms with Crippen molar-refractivity contribution in [2.45, 2.75) is 31.2 Å². The van der Waals surface area contributed by atoms with E-state index in [0.29, 0.717) is 0 Å². The number of hydrogen-bond acceptors (Lipinski definition) is 2. The van der Waals surface area contributed by atoms with E-state index in [0.717, 1.165) is 36.9 Å². The summed E-state index contributed by atoms with van der Waals surface area (Å²) >= 11 is 0. The van der Waals surface area contributed by atoms with Crippen LogP contribution in [0.15, 0.2) is 48.5 Å². The van der Waals surface area contributed by atoms with Gasteiger partial charge in [0.15, 0.2) is 0 Å². The molecule has 0 aliphatic heterocycles. The van der Waals surface area contributed by atoms with E-state index < -0.39 is 0 Å². The van der Waals surface area contributed by atoms with Crippen molar-refractivity contribution >= 4 is 10.9 Å². The number of nitrogens with one attached hydrogen (secondary N) is 1. The second kappa shape index (κ2) is 5.43. The molecule has 2 aromatic carbocycles. The van der Waals surface area contributed by atoms with Gasteiger partial charge in [0.1, 0.15) is 5.75 Å². The molecule has 0 bridgehead atoms. The minimum absolute atomic E-state index is 0.318. The lowest BCUT2D eigenvalue weighted by atomic mass is 9.77. The molecule has 3 heteroatoms. The normalized spacial score (nSPS) is 20.4. The Bertz CT molecular complexity index is 837. The molecule has 0 spiro atoms. The summed E-state index contributed by atoms with van der Waals surface area (Å²) in [5.74, 6) is 0.899. The lowest BCUT2D eigenvalue weighted by Gasteiger charge is -2.34. The molecule has 0 amide bonds. The van der Waals surface area contributed by atoms with Gasteiger partial charge in [-0.15, -0.1) is 0 Å². The molecule has 0 saturated carbocycles. The van der Waals surface area contributed by atoms with Crippen molar-refractivity contribution in [3.8, 4) is 5.75 Å². The number of H-pyrrole nitrogens is 1. The minimum Gasteiger partial charge on any atom is -0.497 e. The first kappa shape index (κ1) is 14.3. The van der Waals surface area contributed by atoms with Gasteiger partial charge >= 0.3 is 0 Å². The summed E-state index contributed by atoms with van der Waals surface area (Å²) in [7, 11) is 1.71. The summed E-state index contributed by atoms with van der Waals surface area (Å²) in [5, 5.41) is 1.25. The van der Waals surface area contributed by atoms with E-state index >= 15 is 0 Å². The number of benzene rings is 2. The van der Waals surface area contributed by atoms with Gasteiger partial charge in [0.2, 0.25) is 0 Å². The van der Waals surface area contributed by atoms with E-state index in [9.17, 15) is 0 Å². The van der Waals surface area contributed by atoms with Crippen molar-refractivity contribution < 1.29 is 4.74 Å². The second-order valence-corrected chi connectivity index (χ2v) is 6.56. The molecule has 23 heavy (non-hydrogen) atoms. The van der Waals surface area contributed by atoms with E-state index in [1.54, 1.807) is 7.11 Å². The van der Waals surface area contributed by atoms with Gasteiger partial charge in [0.05, 0.1) is 12.6 Å². The molecule has 0 fully saturated rings. The molecular formula is C20H22N2O. The first-order valence-electron chi connectivity index (χ1n) is 8.21.